The van der Waals surface area contributed by atoms with Gasteiger partial charge in [0.15, 0.2) is 5.79 Å². The fourth-order valence-corrected chi connectivity index (χ4v) is 5.67. The highest BCUT2D eigenvalue weighted by Gasteiger charge is 2.55. The zero-order chi connectivity index (χ0) is 24.4. The molecular formula is C25H29BrN4O4. The fraction of sp³-hybridized carbons (Fsp3) is 0.480. The average Bonchev–Trinajstić information content (AvgIpc) is 3.35. The van der Waals surface area contributed by atoms with Gasteiger partial charge >= 0.3 is 5.97 Å². The largest absolute Gasteiger partial charge is 0.456 e. The summed E-state index contributed by atoms with van der Waals surface area (Å²) in [6, 6.07) is 7.61. The zero-order valence-corrected chi connectivity index (χ0v) is 21.5. The van der Waals surface area contributed by atoms with E-state index < -0.39 is 11.4 Å². The lowest BCUT2D eigenvalue weighted by molar-refractivity contribution is -0.157. The van der Waals surface area contributed by atoms with Gasteiger partial charge in [-0.1, -0.05) is 12.1 Å². The highest BCUT2D eigenvalue weighted by atomic mass is 79.9. The maximum atomic E-state index is 12.5. The summed E-state index contributed by atoms with van der Waals surface area (Å²) < 4.78 is 21.2. The molecule has 3 aromatic rings. The summed E-state index contributed by atoms with van der Waals surface area (Å²) in [4.78, 5) is 21.1. The first-order valence-electron chi connectivity index (χ1n) is 11.4. The number of rotatable bonds is 3. The van der Waals surface area contributed by atoms with Crippen LogP contribution in [0.25, 0.3) is 11.0 Å². The number of carbonyl (C=O) groups excluding carboxylic acids is 1. The molecule has 2 aromatic heterocycles. The third-order valence-corrected chi connectivity index (χ3v) is 6.96. The summed E-state index contributed by atoms with van der Waals surface area (Å²) in [7, 11) is 0. The van der Waals surface area contributed by atoms with Crippen LogP contribution in [0, 0.1) is 0 Å². The molecule has 9 heteroatoms. The van der Waals surface area contributed by atoms with Gasteiger partial charge in [-0.2, -0.15) is 0 Å². The topological polar surface area (TPSA) is 101 Å². The Morgan fingerprint density at radius 1 is 1.18 bits per heavy atom. The number of halogens is 1. The second kappa shape index (κ2) is 8.03. The molecule has 1 aliphatic heterocycles. The molecule has 0 bridgehead atoms. The first-order valence-corrected chi connectivity index (χ1v) is 12.2. The molecule has 2 N–H and O–H groups in total. The Labute approximate surface area is 206 Å². The van der Waals surface area contributed by atoms with E-state index in [1.807, 2.05) is 65.1 Å². The van der Waals surface area contributed by atoms with Crippen LogP contribution < -0.4 is 5.73 Å². The highest BCUT2D eigenvalue weighted by Crippen LogP contribution is 2.52. The van der Waals surface area contributed by atoms with Crippen LogP contribution >= 0.6 is 15.9 Å². The van der Waals surface area contributed by atoms with Gasteiger partial charge in [0, 0.05) is 16.6 Å². The number of hydrogen-bond donors (Lipinski definition) is 1. The molecule has 2 aliphatic rings. The van der Waals surface area contributed by atoms with Gasteiger partial charge in [0.05, 0.1) is 23.1 Å². The number of esters is 1. The van der Waals surface area contributed by atoms with Gasteiger partial charge in [-0.25, -0.2) is 14.8 Å². The van der Waals surface area contributed by atoms with Crippen LogP contribution in [0.4, 0.5) is 5.82 Å². The van der Waals surface area contributed by atoms with Gasteiger partial charge < -0.3 is 24.5 Å². The molecule has 180 valence electrons. The molecule has 3 heterocycles. The summed E-state index contributed by atoms with van der Waals surface area (Å²) in [5.41, 5.74) is 7.97. The number of nitrogens with two attached hydrogens (primary N) is 1. The Hall–Kier alpha value is -2.49. The molecule has 1 saturated carbocycles. The molecule has 1 saturated heterocycles. The predicted molar refractivity (Wildman–Crippen MR) is 131 cm³/mol. The summed E-state index contributed by atoms with van der Waals surface area (Å²) in [6.45, 7) is 9.46. The third kappa shape index (κ3) is 4.10. The van der Waals surface area contributed by atoms with Crippen LogP contribution in [-0.2, 0) is 14.2 Å². The van der Waals surface area contributed by atoms with E-state index in [4.69, 9.17) is 19.9 Å². The zero-order valence-electron chi connectivity index (χ0n) is 19.9. The van der Waals surface area contributed by atoms with Gasteiger partial charge in [0.1, 0.15) is 29.5 Å². The lowest BCUT2D eigenvalue weighted by Gasteiger charge is -2.25. The number of nitrogens with zero attached hydrogens (tertiary/aromatic N) is 3. The Kier molecular flexibility index (Phi) is 5.50. The first-order chi connectivity index (χ1) is 15.9. The van der Waals surface area contributed by atoms with Crippen molar-refractivity contribution in [3.8, 4) is 0 Å². The number of benzene rings is 1. The predicted octanol–water partition coefficient (Wildman–Crippen LogP) is 4.98. The lowest BCUT2D eigenvalue weighted by atomic mass is 9.94. The second-order valence-corrected chi connectivity index (χ2v) is 11.3. The van der Waals surface area contributed by atoms with Gasteiger partial charge in [-0.15, -0.1) is 0 Å². The number of ether oxygens (including phenoxy) is 3. The van der Waals surface area contributed by atoms with E-state index in [1.165, 1.54) is 6.33 Å². The molecule has 0 spiro atoms. The van der Waals surface area contributed by atoms with Gasteiger partial charge in [0.25, 0.3) is 0 Å². The molecule has 4 atom stereocenters. The van der Waals surface area contributed by atoms with Crippen LogP contribution in [0.1, 0.15) is 68.9 Å². The number of aromatic nitrogens is 3. The Balaban J connectivity index is 1.48. The molecule has 2 fully saturated rings. The Morgan fingerprint density at radius 2 is 1.85 bits per heavy atom. The molecule has 0 radical (unpaired) electrons. The van der Waals surface area contributed by atoms with Gasteiger partial charge in [-0.05, 0) is 74.7 Å². The number of anilines is 1. The molecule has 5 rings (SSSR count). The highest BCUT2D eigenvalue weighted by molar-refractivity contribution is 9.10. The normalized spacial score (nSPS) is 26.1. The molecule has 0 amide bonds. The number of carbonyl (C=O) groups is 1. The number of hydrogen-bond acceptors (Lipinski definition) is 7. The summed E-state index contributed by atoms with van der Waals surface area (Å²) in [6.07, 6.45) is 3.97. The van der Waals surface area contributed by atoms with Crippen molar-refractivity contribution >= 4 is 38.8 Å². The van der Waals surface area contributed by atoms with Crippen molar-refractivity contribution in [3.05, 3.63) is 52.4 Å². The van der Waals surface area contributed by atoms with Gasteiger partial charge in [-0.3, -0.25) is 0 Å². The first kappa shape index (κ1) is 23.3. The van der Waals surface area contributed by atoms with Crippen LogP contribution in [0.3, 0.4) is 0 Å². The van der Waals surface area contributed by atoms with E-state index in [9.17, 15) is 4.79 Å². The fourth-order valence-electron chi connectivity index (χ4n) is 5.07. The van der Waals surface area contributed by atoms with Crippen molar-refractivity contribution in [2.45, 2.75) is 76.6 Å². The SMILES string of the molecule is CC(C)(C)OC(=O)c1ccc([C@H]2C[C@@H](n3cc(Br)c4c(N)ncnc43)[C@@H]3OC(C)(C)O[C@@H]32)cc1. The molecule has 1 aromatic carbocycles. The standard InChI is InChI=1S/C25H29BrN4O4/c1-24(2,3)34-23(31)14-8-6-13(7-9-14)15-10-17(20-19(15)32-25(4,5)33-20)30-11-16(26)18-21(27)28-12-29-22(18)30/h6-9,11-12,15,17,19-20H,10H2,1-5H3,(H2,27,28,29)/t15-,17-,19-,20+/m1/s1. The molecular weight excluding hydrogens is 500 g/mol. The van der Waals surface area contributed by atoms with Crippen LogP contribution in [0.5, 0.6) is 0 Å². The van der Waals surface area contributed by atoms with Crippen molar-refractivity contribution in [3.63, 3.8) is 0 Å². The van der Waals surface area contributed by atoms with Gasteiger partial charge in [0.2, 0.25) is 0 Å². The second-order valence-electron chi connectivity index (χ2n) is 10.4. The Morgan fingerprint density at radius 3 is 2.53 bits per heavy atom. The lowest BCUT2D eigenvalue weighted by Crippen LogP contribution is -2.27. The van der Waals surface area contributed by atoms with E-state index in [1.54, 1.807) is 0 Å². The summed E-state index contributed by atoms with van der Waals surface area (Å²) in [5.74, 6) is -0.510. The minimum absolute atomic E-state index is 0.00888. The maximum Gasteiger partial charge on any atom is 0.338 e. The van der Waals surface area contributed by atoms with Crippen LogP contribution in [-0.4, -0.2) is 44.1 Å². The molecule has 8 nitrogen and oxygen atoms in total. The monoisotopic (exact) mass is 528 g/mol. The van der Waals surface area contributed by atoms with E-state index in [2.05, 4.69) is 30.5 Å². The van der Waals surface area contributed by atoms with E-state index >= 15 is 0 Å². The van der Waals surface area contributed by atoms with E-state index in [0.29, 0.717) is 11.4 Å². The van der Waals surface area contributed by atoms with Crippen molar-refractivity contribution in [1.29, 1.82) is 0 Å². The summed E-state index contributed by atoms with van der Waals surface area (Å²) in [5, 5.41) is 0.794. The van der Waals surface area contributed by atoms with E-state index in [0.717, 1.165) is 27.5 Å². The van der Waals surface area contributed by atoms with Crippen molar-refractivity contribution < 1.29 is 19.0 Å². The van der Waals surface area contributed by atoms with Crippen molar-refractivity contribution in [2.75, 3.05) is 5.73 Å². The van der Waals surface area contributed by atoms with Crippen molar-refractivity contribution in [1.82, 2.24) is 14.5 Å². The summed E-state index contributed by atoms with van der Waals surface area (Å²) >= 11 is 3.62. The average molecular weight is 529 g/mol. The van der Waals surface area contributed by atoms with E-state index in [-0.39, 0.29) is 30.1 Å². The quantitative estimate of drug-likeness (QED) is 0.478. The third-order valence-electron chi connectivity index (χ3n) is 6.36. The molecule has 1 aliphatic carbocycles. The maximum absolute atomic E-state index is 12.5. The number of fused-ring (bicyclic) bond motifs is 2. The number of nitrogen functional groups attached to an aromatic ring is 1. The molecule has 0 unspecified atom stereocenters. The van der Waals surface area contributed by atoms with Crippen molar-refractivity contribution in [2.24, 2.45) is 0 Å². The van der Waals surface area contributed by atoms with Crippen LogP contribution in [0.2, 0.25) is 0 Å². The van der Waals surface area contributed by atoms with Crippen LogP contribution in [0.15, 0.2) is 41.3 Å². The minimum atomic E-state index is -0.698. The Bertz CT molecular complexity index is 1250. The molecule has 34 heavy (non-hydrogen) atoms. The minimum Gasteiger partial charge on any atom is -0.456 e. The smallest absolute Gasteiger partial charge is 0.338 e.